The highest BCUT2D eigenvalue weighted by atomic mass is 79.9. The Kier molecular flexibility index (Phi) is 14.3. The van der Waals surface area contributed by atoms with Gasteiger partial charge in [0, 0.05) is 13.5 Å². The van der Waals surface area contributed by atoms with Crippen LogP contribution >= 0.6 is 39.5 Å². The Balaban J connectivity index is 0.00000407. The fraction of sp³-hybridized carbons (Fsp3) is 0.429. The number of hydrogen-bond acceptors (Lipinski definition) is 5. The molecule has 0 spiro atoms. The van der Waals surface area contributed by atoms with Crippen LogP contribution in [-0.2, 0) is 9.09 Å². The highest BCUT2D eigenvalue weighted by Crippen LogP contribution is 2.43. The lowest BCUT2D eigenvalue weighted by molar-refractivity contribution is 0.268. The van der Waals surface area contributed by atoms with Gasteiger partial charge >= 0.3 is 7.60 Å². The third kappa shape index (κ3) is 11.4. The van der Waals surface area contributed by atoms with Crippen molar-refractivity contribution in [2.24, 2.45) is 5.92 Å². The molecule has 0 saturated carbocycles. The maximum absolute atomic E-state index is 11.5. The molecule has 1 aromatic carbocycles. The molecule has 30 heavy (non-hydrogen) atoms. The number of hydrogen-bond donors (Lipinski definition) is 2. The first-order valence-corrected chi connectivity index (χ1v) is 12.8. The molecular formula is C21H31Br2O6P. The van der Waals surface area contributed by atoms with Gasteiger partial charge in [0.1, 0.15) is 11.5 Å². The van der Waals surface area contributed by atoms with Crippen molar-refractivity contribution in [3.05, 3.63) is 56.9 Å². The van der Waals surface area contributed by atoms with Crippen LogP contribution in [-0.4, -0.2) is 23.5 Å². The van der Waals surface area contributed by atoms with Gasteiger partial charge in [-0.05, 0) is 75.1 Å². The summed E-state index contributed by atoms with van der Waals surface area (Å²) >= 11 is 6.83. The van der Waals surface area contributed by atoms with Crippen LogP contribution in [0.1, 0.15) is 41.0 Å². The lowest BCUT2D eigenvalue weighted by Gasteiger charge is -2.14. The molecule has 0 bridgehead atoms. The number of allylic oxidation sites excluding steroid dienone is 4. The Hall–Kier alpha value is -1.05. The van der Waals surface area contributed by atoms with E-state index in [2.05, 4.69) is 36.4 Å². The van der Waals surface area contributed by atoms with E-state index in [0.29, 0.717) is 38.4 Å². The van der Waals surface area contributed by atoms with Gasteiger partial charge in [0.05, 0.1) is 14.7 Å². The molecule has 0 saturated heterocycles. The maximum Gasteiger partial charge on any atom is 0.364 e. The first-order chi connectivity index (χ1) is 14.1. The molecule has 0 aromatic heterocycles. The Morgan fingerprint density at radius 1 is 1.23 bits per heavy atom. The number of aliphatic hydroxyl groups is 1. The van der Waals surface area contributed by atoms with Crippen LogP contribution < -0.4 is 9.47 Å². The molecule has 0 aliphatic carbocycles. The lowest BCUT2D eigenvalue weighted by Crippen LogP contribution is -2.01. The summed E-state index contributed by atoms with van der Waals surface area (Å²) < 4.78 is 28.4. The molecule has 0 radical (unpaired) electrons. The van der Waals surface area contributed by atoms with Gasteiger partial charge in [-0.25, -0.2) is 0 Å². The summed E-state index contributed by atoms with van der Waals surface area (Å²) in [7, 11) is -2.62. The third-order valence-corrected chi connectivity index (χ3v) is 5.49. The van der Waals surface area contributed by atoms with Crippen LogP contribution in [0.5, 0.6) is 11.5 Å². The fourth-order valence-corrected chi connectivity index (χ4v) is 3.71. The molecule has 9 heteroatoms. The summed E-state index contributed by atoms with van der Waals surface area (Å²) in [4.78, 5) is 9.42. The van der Waals surface area contributed by atoms with E-state index in [4.69, 9.17) is 9.47 Å². The lowest BCUT2D eigenvalue weighted by atomic mass is 10.1. The number of benzene rings is 1. The second kappa shape index (κ2) is 14.9. The fourth-order valence-electron chi connectivity index (χ4n) is 1.98. The van der Waals surface area contributed by atoms with Crippen LogP contribution in [0.3, 0.4) is 0 Å². The minimum Gasteiger partial charge on any atom is -0.512 e. The van der Waals surface area contributed by atoms with Gasteiger partial charge < -0.3 is 24.0 Å². The van der Waals surface area contributed by atoms with Gasteiger partial charge in [-0.15, -0.1) is 0 Å². The molecule has 0 aliphatic rings. The van der Waals surface area contributed by atoms with E-state index in [1.165, 1.54) is 0 Å². The summed E-state index contributed by atoms with van der Waals surface area (Å²) in [5, 5.41) is 9.81. The maximum atomic E-state index is 11.5. The van der Waals surface area contributed by atoms with Gasteiger partial charge in [-0.1, -0.05) is 33.8 Å². The molecule has 1 aromatic rings. The van der Waals surface area contributed by atoms with Crippen molar-refractivity contribution >= 4 is 39.5 Å². The molecule has 1 atom stereocenters. The standard InChI is InChI=1S/C19H25Br2O6P.C2H6/c1-5-15(8-6-7-14(22)9-13(2)3)27-19-17(20)10-16(11-18(19)21)26-12-28(23,24)25-4;1-2/h5-6,8-11,13,22H,7,12H2,1-4H3,(H,23,24);1-2H3/b8-6?,14-9-,15-5+;. The van der Waals surface area contributed by atoms with E-state index in [1.54, 1.807) is 30.4 Å². The number of ether oxygens (including phenoxy) is 2. The summed E-state index contributed by atoms with van der Waals surface area (Å²) in [5.41, 5.74) is 0. The van der Waals surface area contributed by atoms with Gasteiger partial charge in [-0.2, -0.15) is 0 Å². The third-order valence-electron chi connectivity index (χ3n) is 3.29. The Bertz CT molecular complexity index is 780. The Labute approximate surface area is 196 Å². The second-order valence-electron chi connectivity index (χ2n) is 6.11. The molecule has 0 aliphatic heterocycles. The summed E-state index contributed by atoms with van der Waals surface area (Å²) in [5.74, 6) is 2.07. The average Bonchev–Trinajstić information content (AvgIpc) is 2.68. The van der Waals surface area contributed by atoms with E-state index in [0.717, 1.165) is 7.11 Å². The summed E-state index contributed by atoms with van der Waals surface area (Å²) in [6, 6.07) is 3.26. The van der Waals surface area contributed by atoms with Gasteiger partial charge in [0.25, 0.3) is 0 Å². The number of aliphatic hydroxyl groups excluding tert-OH is 1. The molecule has 2 N–H and O–H groups in total. The monoisotopic (exact) mass is 568 g/mol. The molecule has 1 rings (SSSR count). The minimum atomic E-state index is -3.77. The van der Waals surface area contributed by atoms with Crippen molar-refractivity contribution in [3.8, 4) is 11.5 Å². The van der Waals surface area contributed by atoms with Crippen molar-refractivity contribution < 1.29 is 28.6 Å². The van der Waals surface area contributed by atoms with Crippen molar-refractivity contribution in [2.45, 2.75) is 41.0 Å². The normalized spacial score (nSPS) is 14.3. The smallest absolute Gasteiger partial charge is 0.364 e. The summed E-state index contributed by atoms with van der Waals surface area (Å²) in [6.45, 7) is 9.83. The largest absolute Gasteiger partial charge is 0.512 e. The number of rotatable bonds is 10. The van der Waals surface area contributed by atoms with E-state index < -0.39 is 13.9 Å². The molecule has 0 heterocycles. The predicted molar refractivity (Wildman–Crippen MR) is 129 cm³/mol. The van der Waals surface area contributed by atoms with E-state index >= 15 is 0 Å². The first-order valence-electron chi connectivity index (χ1n) is 9.47. The van der Waals surface area contributed by atoms with Crippen molar-refractivity contribution in [1.82, 2.24) is 0 Å². The number of halogens is 2. The minimum absolute atomic E-state index is 0.280. The molecule has 6 nitrogen and oxygen atoms in total. The Morgan fingerprint density at radius 2 is 1.80 bits per heavy atom. The zero-order valence-corrected chi connectivity index (χ0v) is 22.3. The molecule has 0 fully saturated rings. The van der Waals surface area contributed by atoms with Crippen LogP contribution in [0.15, 0.2) is 56.9 Å². The highest BCUT2D eigenvalue weighted by Gasteiger charge is 2.19. The molecule has 170 valence electrons. The van der Waals surface area contributed by atoms with Crippen LogP contribution in [0.2, 0.25) is 0 Å². The van der Waals surface area contributed by atoms with E-state index in [1.807, 2.05) is 40.7 Å². The predicted octanol–water partition coefficient (Wildman–Crippen LogP) is 7.73. The van der Waals surface area contributed by atoms with Gasteiger partial charge in [0.2, 0.25) is 0 Å². The van der Waals surface area contributed by atoms with Gasteiger partial charge in [-0.3, -0.25) is 4.57 Å². The quantitative estimate of drug-likeness (QED) is 0.170. The summed E-state index contributed by atoms with van der Waals surface area (Å²) in [6.07, 6.45) is 7.12. The first kappa shape index (κ1) is 28.9. The molecule has 1 unspecified atom stereocenters. The zero-order chi connectivity index (χ0) is 23.3. The van der Waals surface area contributed by atoms with Crippen LogP contribution in [0, 0.1) is 5.92 Å². The van der Waals surface area contributed by atoms with E-state index in [9.17, 15) is 14.6 Å². The Morgan fingerprint density at radius 3 is 2.27 bits per heavy atom. The van der Waals surface area contributed by atoms with Crippen LogP contribution in [0.25, 0.3) is 0 Å². The van der Waals surface area contributed by atoms with E-state index in [-0.39, 0.29) is 5.92 Å². The molecular weight excluding hydrogens is 539 g/mol. The average molecular weight is 570 g/mol. The topological polar surface area (TPSA) is 85.2 Å². The SMILES string of the molecule is C/C=C(\C=CC/C(O)=C/C(C)C)Oc1c(Br)cc(OCP(=O)(O)OC)cc1Br.CC. The van der Waals surface area contributed by atoms with Crippen molar-refractivity contribution in [2.75, 3.05) is 13.5 Å². The second-order valence-corrected chi connectivity index (χ2v) is 9.72. The zero-order valence-electron chi connectivity index (χ0n) is 18.2. The van der Waals surface area contributed by atoms with Crippen molar-refractivity contribution in [3.63, 3.8) is 0 Å². The van der Waals surface area contributed by atoms with Gasteiger partial charge in [0.15, 0.2) is 12.1 Å². The molecule has 0 amide bonds. The van der Waals surface area contributed by atoms with Crippen molar-refractivity contribution in [1.29, 1.82) is 0 Å². The van der Waals surface area contributed by atoms with Crippen LogP contribution in [0.4, 0.5) is 0 Å². The highest BCUT2D eigenvalue weighted by molar-refractivity contribution is 9.11.